The number of esters is 5. The molecule has 1 N–H and O–H groups in total. The van der Waals surface area contributed by atoms with E-state index in [0.717, 1.165) is 0 Å². The molecule has 0 aromatic heterocycles. The maximum absolute atomic E-state index is 12.6. The minimum absolute atomic E-state index is 0.0579. The number of halogens is 4. The minimum atomic E-state index is -0.990. The lowest BCUT2D eigenvalue weighted by molar-refractivity contribution is -0.185. The number of ether oxygens (including phenoxy) is 4. The summed E-state index contributed by atoms with van der Waals surface area (Å²) in [6.45, 7) is 5.86. The van der Waals surface area contributed by atoms with Crippen molar-refractivity contribution in [2.75, 3.05) is 40.4 Å². The molecule has 0 saturated carbocycles. The number of carbonyl (C=O) groups excluding carboxylic acids is 5. The van der Waals surface area contributed by atoms with E-state index in [2.05, 4.69) is 4.74 Å². The van der Waals surface area contributed by atoms with Crippen LogP contribution >= 0.6 is 46.4 Å². The van der Waals surface area contributed by atoms with Crippen LogP contribution < -0.4 is 0 Å². The third kappa shape index (κ3) is 9.92. The second-order valence-corrected chi connectivity index (χ2v) is 14.0. The highest BCUT2D eigenvalue weighted by atomic mass is 35.5. The van der Waals surface area contributed by atoms with Crippen LogP contribution in [0.2, 0.25) is 20.1 Å². The Morgan fingerprint density at radius 1 is 0.667 bits per heavy atom. The minimum Gasteiger partial charge on any atom is -0.507 e. The summed E-state index contributed by atoms with van der Waals surface area (Å²) in [5.74, 6) is -2.62. The van der Waals surface area contributed by atoms with Gasteiger partial charge < -0.3 is 33.7 Å². The van der Waals surface area contributed by atoms with Crippen molar-refractivity contribution in [1.82, 2.24) is 10.1 Å². The summed E-state index contributed by atoms with van der Waals surface area (Å²) in [6.07, 6.45) is 1.83. The molecule has 2 saturated heterocycles. The molecule has 4 aliphatic rings. The lowest BCUT2D eigenvalue weighted by Gasteiger charge is -2.37. The molecule has 0 amide bonds. The molecule has 292 valence electrons. The van der Waals surface area contributed by atoms with Crippen LogP contribution in [-0.4, -0.2) is 96.7 Å². The first-order chi connectivity index (χ1) is 25.5. The second-order valence-electron chi connectivity index (χ2n) is 12.3. The van der Waals surface area contributed by atoms with Crippen LogP contribution in [0.5, 0.6) is 0 Å². The van der Waals surface area contributed by atoms with Crippen LogP contribution in [0.1, 0.15) is 57.6 Å². The van der Waals surface area contributed by atoms with Gasteiger partial charge in [-0.05, 0) is 24.3 Å². The van der Waals surface area contributed by atoms with Gasteiger partial charge in [-0.1, -0.05) is 58.5 Å². The maximum Gasteiger partial charge on any atom is 0.343 e. The molecule has 54 heavy (non-hydrogen) atoms. The summed E-state index contributed by atoms with van der Waals surface area (Å²) in [5.41, 5.74) is -0.825. The molecular weight excluding hydrogens is 794 g/mol. The highest BCUT2D eigenvalue weighted by molar-refractivity contribution is 6.38. The van der Waals surface area contributed by atoms with Gasteiger partial charge in [-0.2, -0.15) is 10.1 Å². The van der Waals surface area contributed by atoms with Crippen molar-refractivity contribution in [2.45, 2.75) is 57.7 Å². The summed E-state index contributed by atoms with van der Waals surface area (Å²) in [5, 5.41) is 15.6. The Morgan fingerprint density at radius 2 is 1.07 bits per heavy atom. The van der Waals surface area contributed by atoms with Gasteiger partial charge in [0.05, 0.1) is 24.3 Å². The van der Waals surface area contributed by atoms with Gasteiger partial charge in [-0.25, -0.2) is 9.59 Å². The molecule has 0 atom stereocenters. The second kappa shape index (κ2) is 18.3. The lowest BCUT2D eigenvalue weighted by atomic mass is 9.88. The zero-order chi connectivity index (χ0) is 40.0. The van der Waals surface area contributed by atoms with Crippen molar-refractivity contribution in [3.05, 3.63) is 79.1 Å². The van der Waals surface area contributed by atoms with Gasteiger partial charge in [0.2, 0.25) is 0 Å². The number of hydrogen-bond donors (Lipinski definition) is 1. The Labute approximate surface area is 331 Å². The van der Waals surface area contributed by atoms with Crippen LogP contribution in [0.25, 0.3) is 11.1 Å². The summed E-state index contributed by atoms with van der Waals surface area (Å²) >= 11 is 24.2. The third-order valence-electron chi connectivity index (χ3n) is 8.80. The molecule has 0 bridgehead atoms. The van der Waals surface area contributed by atoms with Crippen molar-refractivity contribution in [2.24, 2.45) is 0 Å². The van der Waals surface area contributed by atoms with Gasteiger partial charge in [0.15, 0.2) is 22.7 Å². The van der Waals surface area contributed by atoms with Gasteiger partial charge in [0, 0.05) is 93.8 Å². The molecular formula is C36H38Cl4N2O12. The molecule has 2 aromatic carbocycles. The van der Waals surface area contributed by atoms with Crippen LogP contribution in [0.4, 0.5) is 0 Å². The van der Waals surface area contributed by atoms with Crippen LogP contribution in [-0.2, 0) is 52.6 Å². The molecule has 2 spiro atoms. The van der Waals surface area contributed by atoms with E-state index in [-0.39, 0.29) is 27.7 Å². The fourth-order valence-electron chi connectivity index (χ4n) is 6.27. The standard InChI is InChI=1S/C17H17Cl2NO5.C15H15Cl2NO4.C4H6O3/c1-10(21)24-15-14(12-4-3-11(18)9-13(12)19)16(22)25-17(15)5-7-20(23-2)8-6-17;1-21-18-6-4-15(5-7-18)13(19)12(14(20)22-15)10-3-2-9(16)8-11(10)17;1-3(5)7-4(2)6/h3-4,9H,5-8H2,1-2H3;2-3,8,19H,4-7H2,1H3;1-2H3. The normalized spacial score (nSPS) is 19.1. The van der Waals surface area contributed by atoms with Crippen molar-refractivity contribution in [1.29, 1.82) is 0 Å². The molecule has 2 aromatic rings. The zero-order valence-electron chi connectivity index (χ0n) is 30.0. The Hall–Kier alpha value is -3.73. The summed E-state index contributed by atoms with van der Waals surface area (Å²) in [4.78, 5) is 66.5. The number of aliphatic hydroxyl groups excluding tert-OH is 1. The molecule has 0 radical (unpaired) electrons. The molecule has 14 nitrogen and oxygen atoms in total. The number of piperidine rings is 2. The van der Waals surface area contributed by atoms with Gasteiger partial charge >= 0.3 is 29.8 Å². The predicted molar refractivity (Wildman–Crippen MR) is 197 cm³/mol. The smallest absolute Gasteiger partial charge is 0.343 e. The number of rotatable bonds is 5. The zero-order valence-corrected chi connectivity index (χ0v) is 33.0. The molecule has 18 heteroatoms. The largest absolute Gasteiger partial charge is 0.507 e. The average molecular weight is 833 g/mol. The van der Waals surface area contributed by atoms with E-state index in [1.54, 1.807) is 48.6 Å². The van der Waals surface area contributed by atoms with Crippen LogP contribution in [0, 0.1) is 0 Å². The first-order valence-electron chi connectivity index (χ1n) is 16.5. The quantitative estimate of drug-likeness (QED) is 0.196. The van der Waals surface area contributed by atoms with Gasteiger partial charge in [-0.15, -0.1) is 0 Å². The van der Waals surface area contributed by atoms with Gasteiger partial charge in [0.1, 0.15) is 11.1 Å². The lowest BCUT2D eigenvalue weighted by Crippen LogP contribution is -2.46. The van der Waals surface area contributed by atoms with Crippen molar-refractivity contribution >= 4 is 87.4 Å². The third-order valence-corrected chi connectivity index (χ3v) is 9.90. The summed E-state index contributed by atoms with van der Waals surface area (Å²) in [7, 11) is 3.17. The number of hydroxylamine groups is 4. The average Bonchev–Trinajstić information content (AvgIpc) is 3.48. The summed E-state index contributed by atoms with van der Waals surface area (Å²) in [6, 6.07) is 9.53. The first kappa shape index (κ1) is 43.0. The summed E-state index contributed by atoms with van der Waals surface area (Å²) < 4.78 is 20.6. The Balaban J connectivity index is 0.000000206. The topological polar surface area (TPSA) is 167 Å². The van der Waals surface area contributed by atoms with E-state index >= 15 is 0 Å². The van der Waals surface area contributed by atoms with Crippen molar-refractivity contribution < 1.29 is 57.7 Å². The molecule has 4 aliphatic heterocycles. The van der Waals surface area contributed by atoms with Crippen LogP contribution in [0.3, 0.4) is 0 Å². The first-order valence-corrected chi connectivity index (χ1v) is 18.0. The maximum atomic E-state index is 12.6. The molecule has 2 fully saturated rings. The van der Waals surface area contributed by atoms with Gasteiger partial charge in [0.25, 0.3) is 0 Å². The Kier molecular flexibility index (Phi) is 14.5. The molecule has 0 aliphatic carbocycles. The number of carbonyl (C=O) groups is 5. The van der Waals surface area contributed by atoms with E-state index in [1.807, 2.05) is 0 Å². The highest BCUT2D eigenvalue weighted by Crippen LogP contribution is 2.47. The Bertz CT molecular complexity index is 1850. The molecule has 4 heterocycles. The number of aliphatic hydroxyl groups is 1. The fourth-order valence-corrected chi connectivity index (χ4v) is 7.27. The molecule has 6 rings (SSSR count). The number of hydrogen-bond acceptors (Lipinski definition) is 14. The van der Waals surface area contributed by atoms with E-state index in [4.69, 9.17) is 70.3 Å². The fraction of sp³-hybridized carbons (Fsp3) is 0.417. The van der Waals surface area contributed by atoms with Crippen molar-refractivity contribution in [3.8, 4) is 0 Å². The highest BCUT2D eigenvalue weighted by Gasteiger charge is 2.53. The van der Waals surface area contributed by atoms with E-state index < -0.39 is 41.0 Å². The van der Waals surface area contributed by atoms with Gasteiger partial charge in [-0.3, -0.25) is 14.4 Å². The SMILES string of the molecule is CC(=O)OC(C)=O.CON1CCC2(CC1)OC(=O)C(c1ccc(Cl)cc1Cl)=C2O.CON1CCC2(CC1)OC(=O)C(c1ccc(Cl)cc1Cl)=C2OC(C)=O. The van der Waals surface area contributed by atoms with E-state index in [0.29, 0.717) is 78.1 Å². The van der Waals surface area contributed by atoms with Crippen molar-refractivity contribution in [3.63, 3.8) is 0 Å². The monoisotopic (exact) mass is 830 g/mol. The van der Waals surface area contributed by atoms with E-state index in [1.165, 1.54) is 32.9 Å². The molecule has 0 unspecified atom stereocenters. The van der Waals surface area contributed by atoms with Crippen LogP contribution in [0.15, 0.2) is 47.9 Å². The predicted octanol–water partition coefficient (Wildman–Crippen LogP) is 6.53. The Morgan fingerprint density at radius 3 is 1.46 bits per heavy atom. The number of benzene rings is 2. The van der Waals surface area contributed by atoms with E-state index in [9.17, 15) is 29.1 Å². The number of nitrogens with zero attached hydrogens (tertiary/aromatic N) is 2.